The molecule has 0 spiro atoms. The van der Waals surface area contributed by atoms with Crippen molar-refractivity contribution in [3.05, 3.63) is 23.3 Å². The second kappa shape index (κ2) is 6.38. The van der Waals surface area contributed by atoms with Crippen LogP contribution < -0.4 is 15.2 Å². The lowest BCUT2D eigenvalue weighted by Crippen LogP contribution is -2.32. The Morgan fingerprint density at radius 1 is 1.42 bits per heavy atom. The van der Waals surface area contributed by atoms with Gasteiger partial charge in [0, 0.05) is 5.56 Å². The van der Waals surface area contributed by atoms with Crippen LogP contribution in [0.5, 0.6) is 11.5 Å². The molecule has 0 aromatic heterocycles. The smallest absolute Gasteiger partial charge is 0.320 e. The lowest BCUT2D eigenvalue weighted by atomic mass is 10.0. The van der Waals surface area contributed by atoms with Crippen molar-refractivity contribution < 1.29 is 23.8 Å². The third kappa shape index (κ3) is 3.57. The number of carboxylic acids is 1. The Bertz CT molecular complexity index is 462. The number of aliphatic carboxylic acids is 1. The lowest BCUT2D eigenvalue weighted by Gasteiger charge is -2.16. The Morgan fingerprint density at radius 2 is 2.05 bits per heavy atom. The molecule has 0 heterocycles. The molecule has 5 nitrogen and oxygen atoms in total. The second-order valence-electron chi connectivity index (χ2n) is 4.19. The number of rotatable bonds is 6. The Balaban J connectivity index is 3.21. The number of alkyl halides is 1. The van der Waals surface area contributed by atoms with E-state index >= 15 is 0 Å². The minimum atomic E-state index is -1.26. The normalized spacial score (nSPS) is 13.7. The number of carbonyl (C=O) groups is 1. The molecule has 0 fully saturated rings. The highest BCUT2D eigenvalue weighted by molar-refractivity contribution is 5.73. The van der Waals surface area contributed by atoms with Gasteiger partial charge in [0.2, 0.25) is 0 Å². The molecule has 2 atom stereocenters. The molecule has 1 aromatic carbocycles. The third-order valence-corrected chi connectivity index (χ3v) is 2.77. The summed E-state index contributed by atoms with van der Waals surface area (Å²) in [5, 5.41) is 8.79. The van der Waals surface area contributed by atoms with E-state index in [9.17, 15) is 9.18 Å². The van der Waals surface area contributed by atoms with E-state index in [0.717, 1.165) is 0 Å². The van der Waals surface area contributed by atoms with Gasteiger partial charge in [-0.05, 0) is 31.0 Å². The van der Waals surface area contributed by atoms with Gasteiger partial charge in [-0.25, -0.2) is 4.39 Å². The van der Waals surface area contributed by atoms with Crippen molar-refractivity contribution in [1.82, 2.24) is 0 Å². The standard InChI is InChI=1S/C13H18FNO4/c1-7(14)9-4-8(5-10(15)13(16)17)6-11(18-2)12(9)19-3/h4,6-7,10H,5,15H2,1-3H3,(H,16,17). The fraction of sp³-hybridized carbons (Fsp3) is 0.462. The topological polar surface area (TPSA) is 81.8 Å². The van der Waals surface area contributed by atoms with Crippen LogP contribution in [0.4, 0.5) is 4.39 Å². The maximum absolute atomic E-state index is 13.6. The maximum Gasteiger partial charge on any atom is 0.320 e. The van der Waals surface area contributed by atoms with Crippen molar-refractivity contribution in [2.45, 2.75) is 25.6 Å². The molecule has 3 N–H and O–H groups in total. The summed E-state index contributed by atoms with van der Waals surface area (Å²) in [6, 6.07) is 2.11. The van der Waals surface area contributed by atoms with Crippen LogP contribution in [0.1, 0.15) is 24.2 Å². The molecule has 0 aliphatic carbocycles. The van der Waals surface area contributed by atoms with E-state index in [4.69, 9.17) is 20.3 Å². The Labute approximate surface area is 111 Å². The summed E-state index contributed by atoms with van der Waals surface area (Å²) < 4.78 is 23.8. The summed E-state index contributed by atoms with van der Waals surface area (Å²) in [6.07, 6.45) is -1.17. The first-order chi connectivity index (χ1) is 8.90. The number of methoxy groups -OCH3 is 2. The summed E-state index contributed by atoms with van der Waals surface area (Å²) in [5.74, 6) is -0.438. The minimum absolute atomic E-state index is 0.0927. The van der Waals surface area contributed by atoms with Crippen molar-refractivity contribution >= 4 is 5.97 Å². The van der Waals surface area contributed by atoms with Crippen molar-refractivity contribution in [2.75, 3.05) is 14.2 Å². The maximum atomic E-state index is 13.6. The highest BCUT2D eigenvalue weighted by atomic mass is 19.1. The van der Waals surface area contributed by atoms with Crippen LogP contribution in [-0.4, -0.2) is 31.3 Å². The molecule has 0 aliphatic heterocycles. The SMILES string of the molecule is COc1cc(CC(N)C(=O)O)cc(C(C)F)c1OC. The second-order valence-corrected chi connectivity index (χ2v) is 4.19. The van der Waals surface area contributed by atoms with Gasteiger partial charge < -0.3 is 20.3 Å². The van der Waals surface area contributed by atoms with Crippen LogP contribution in [-0.2, 0) is 11.2 Å². The summed E-state index contributed by atoms with van der Waals surface area (Å²) in [6.45, 7) is 1.37. The molecule has 19 heavy (non-hydrogen) atoms. The fourth-order valence-electron chi connectivity index (χ4n) is 1.81. The predicted molar refractivity (Wildman–Crippen MR) is 68.4 cm³/mol. The number of halogens is 1. The summed E-state index contributed by atoms with van der Waals surface area (Å²) in [5.41, 5.74) is 6.38. The molecule has 1 rings (SSSR count). The quantitative estimate of drug-likeness (QED) is 0.822. The molecule has 106 valence electrons. The van der Waals surface area contributed by atoms with Gasteiger partial charge in [-0.15, -0.1) is 0 Å². The van der Waals surface area contributed by atoms with Crippen LogP contribution in [0.15, 0.2) is 12.1 Å². The molecular weight excluding hydrogens is 253 g/mol. The zero-order valence-corrected chi connectivity index (χ0v) is 11.1. The van der Waals surface area contributed by atoms with Crippen LogP contribution in [0.25, 0.3) is 0 Å². The van der Waals surface area contributed by atoms with E-state index in [1.54, 1.807) is 12.1 Å². The van der Waals surface area contributed by atoms with Gasteiger partial charge in [0.15, 0.2) is 11.5 Å². The molecule has 0 saturated carbocycles. The van der Waals surface area contributed by atoms with Crippen molar-refractivity contribution in [2.24, 2.45) is 5.73 Å². The molecule has 2 unspecified atom stereocenters. The molecule has 0 saturated heterocycles. The van der Waals surface area contributed by atoms with Gasteiger partial charge in [-0.1, -0.05) is 0 Å². The zero-order valence-electron chi connectivity index (χ0n) is 11.1. The van der Waals surface area contributed by atoms with Gasteiger partial charge in [-0.2, -0.15) is 0 Å². The van der Waals surface area contributed by atoms with Gasteiger partial charge >= 0.3 is 5.97 Å². The molecule has 0 bridgehead atoms. The third-order valence-electron chi connectivity index (χ3n) is 2.77. The number of hydrogen-bond donors (Lipinski definition) is 2. The van der Waals surface area contributed by atoms with E-state index in [-0.39, 0.29) is 6.42 Å². The van der Waals surface area contributed by atoms with Crippen LogP contribution in [0, 0.1) is 0 Å². The number of hydrogen-bond acceptors (Lipinski definition) is 4. The first kappa shape index (κ1) is 15.2. The van der Waals surface area contributed by atoms with Gasteiger partial charge in [0.1, 0.15) is 12.2 Å². The van der Waals surface area contributed by atoms with E-state index in [0.29, 0.717) is 22.6 Å². The zero-order chi connectivity index (χ0) is 14.6. The molecular formula is C13H18FNO4. The van der Waals surface area contributed by atoms with Crippen LogP contribution >= 0.6 is 0 Å². The van der Waals surface area contributed by atoms with Gasteiger partial charge in [0.25, 0.3) is 0 Å². The van der Waals surface area contributed by atoms with Gasteiger partial charge in [-0.3, -0.25) is 4.79 Å². The van der Waals surface area contributed by atoms with Crippen LogP contribution in [0.3, 0.4) is 0 Å². The molecule has 0 radical (unpaired) electrons. The van der Waals surface area contributed by atoms with Crippen molar-refractivity contribution in [3.63, 3.8) is 0 Å². The summed E-state index contributed by atoms with van der Waals surface area (Å²) in [7, 11) is 2.86. The Kier molecular flexibility index (Phi) is 5.11. The number of ether oxygens (including phenoxy) is 2. The molecule has 6 heteroatoms. The lowest BCUT2D eigenvalue weighted by molar-refractivity contribution is -0.138. The average molecular weight is 271 g/mol. The number of nitrogens with two attached hydrogens (primary N) is 1. The highest BCUT2D eigenvalue weighted by Crippen LogP contribution is 2.37. The number of carboxylic acid groups (broad SMARTS) is 1. The Morgan fingerprint density at radius 3 is 2.47 bits per heavy atom. The summed E-state index contributed by atoms with van der Waals surface area (Å²) in [4.78, 5) is 10.7. The monoisotopic (exact) mass is 271 g/mol. The first-order valence-electron chi connectivity index (χ1n) is 5.78. The predicted octanol–water partition coefficient (Wildman–Crippen LogP) is 1.69. The largest absolute Gasteiger partial charge is 0.493 e. The Hall–Kier alpha value is -1.82. The van der Waals surface area contributed by atoms with E-state index in [1.165, 1.54) is 21.1 Å². The molecule has 0 amide bonds. The van der Waals surface area contributed by atoms with Crippen molar-refractivity contribution in [3.8, 4) is 11.5 Å². The average Bonchev–Trinajstić information content (AvgIpc) is 2.37. The van der Waals surface area contributed by atoms with E-state index < -0.39 is 18.2 Å². The molecule has 0 aliphatic rings. The van der Waals surface area contributed by atoms with Gasteiger partial charge in [0.05, 0.1) is 14.2 Å². The van der Waals surface area contributed by atoms with Crippen molar-refractivity contribution in [1.29, 1.82) is 0 Å². The highest BCUT2D eigenvalue weighted by Gasteiger charge is 2.19. The van der Waals surface area contributed by atoms with E-state index in [1.807, 2.05) is 0 Å². The first-order valence-corrected chi connectivity index (χ1v) is 5.78. The fourth-order valence-corrected chi connectivity index (χ4v) is 1.81. The minimum Gasteiger partial charge on any atom is -0.493 e. The van der Waals surface area contributed by atoms with E-state index in [2.05, 4.69) is 0 Å². The van der Waals surface area contributed by atoms with Crippen LogP contribution in [0.2, 0.25) is 0 Å². The number of benzene rings is 1. The summed E-state index contributed by atoms with van der Waals surface area (Å²) >= 11 is 0. The molecule has 1 aromatic rings.